The minimum atomic E-state index is -0.668. The quantitative estimate of drug-likeness (QED) is 0.557. The Kier molecular flexibility index (Phi) is 4.05. The Labute approximate surface area is 156 Å². The van der Waals surface area contributed by atoms with Gasteiger partial charge < -0.3 is 4.74 Å². The second kappa shape index (κ2) is 6.38. The van der Waals surface area contributed by atoms with Gasteiger partial charge in [0.1, 0.15) is 5.75 Å². The number of imide groups is 1. The van der Waals surface area contributed by atoms with Gasteiger partial charge in [0.05, 0.1) is 16.8 Å². The minimum absolute atomic E-state index is 0.00320. The van der Waals surface area contributed by atoms with Gasteiger partial charge in [-0.1, -0.05) is 34.1 Å². The first-order chi connectivity index (χ1) is 12.5. The van der Waals surface area contributed by atoms with Crippen LogP contribution in [0.15, 0.2) is 71.2 Å². The Morgan fingerprint density at radius 2 is 1.54 bits per heavy atom. The summed E-state index contributed by atoms with van der Waals surface area (Å²) in [6.07, 6.45) is 0. The van der Waals surface area contributed by atoms with Gasteiger partial charge in [-0.05, 0) is 42.5 Å². The zero-order valence-corrected chi connectivity index (χ0v) is 14.9. The maximum Gasteiger partial charge on any atom is 0.266 e. The lowest BCUT2D eigenvalue weighted by Crippen LogP contribution is -2.29. The maximum absolute atomic E-state index is 14.5. The molecule has 6 heteroatoms. The fourth-order valence-corrected chi connectivity index (χ4v) is 3.17. The summed E-state index contributed by atoms with van der Waals surface area (Å²) in [6, 6.07) is 17.5. The molecule has 3 aromatic carbocycles. The summed E-state index contributed by atoms with van der Waals surface area (Å²) in [5.74, 6) is -1.13. The van der Waals surface area contributed by atoms with Crippen LogP contribution in [0.1, 0.15) is 20.7 Å². The molecule has 1 aliphatic rings. The highest BCUT2D eigenvalue weighted by atomic mass is 79.9. The summed E-state index contributed by atoms with van der Waals surface area (Å²) in [5.41, 5.74) is 0.787. The van der Waals surface area contributed by atoms with Crippen LogP contribution in [0.3, 0.4) is 0 Å². The van der Waals surface area contributed by atoms with Crippen molar-refractivity contribution in [3.63, 3.8) is 0 Å². The molecule has 128 valence electrons. The molecule has 2 amide bonds. The van der Waals surface area contributed by atoms with E-state index in [1.54, 1.807) is 42.5 Å². The Balaban J connectivity index is 1.65. The standard InChI is InChI=1S/C20H11BrFNO3/c21-12-4-3-5-14(10-12)26-18-9-8-13(11-17(18)22)23-19(24)15-6-1-2-7-16(15)20(23)25/h1-11H. The highest BCUT2D eigenvalue weighted by Gasteiger charge is 2.36. The summed E-state index contributed by atoms with van der Waals surface area (Å²) in [6.45, 7) is 0. The predicted molar refractivity (Wildman–Crippen MR) is 98.2 cm³/mol. The van der Waals surface area contributed by atoms with Crippen molar-refractivity contribution in [3.8, 4) is 11.5 Å². The monoisotopic (exact) mass is 411 g/mol. The average molecular weight is 412 g/mol. The molecule has 0 bridgehead atoms. The van der Waals surface area contributed by atoms with Gasteiger partial charge in [-0.3, -0.25) is 9.59 Å². The molecular weight excluding hydrogens is 401 g/mol. The van der Waals surface area contributed by atoms with Crippen LogP contribution < -0.4 is 9.64 Å². The van der Waals surface area contributed by atoms with Crippen molar-refractivity contribution < 1.29 is 18.7 Å². The maximum atomic E-state index is 14.5. The molecule has 0 N–H and O–H groups in total. The van der Waals surface area contributed by atoms with E-state index in [9.17, 15) is 14.0 Å². The third-order valence-electron chi connectivity index (χ3n) is 3.99. The molecule has 0 saturated carbocycles. The molecule has 0 aliphatic carbocycles. The first-order valence-electron chi connectivity index (χ1n) is 7.75. The predicted octanol–water partition coefficient (Wildman–Crippen LogP) is 5.18. The normalized spacial score (nSPS) is 13.1. The molecule has 0 radical (unpaired) electrons. The number of nitrogens with zero attached hydrogens (tertiary/aromatic N) is 1. The smallest absolute Gasteiger partial charge is 0.266 e. The number of ether oxygens (including phenoxy) is 1. The van der Waals surface area contributed by atoms with Crippen LogP contribution in [0, 0.1) is 5.82 Å². The van der Waals surface area contributed by atoms with Crippen LogP contribution in [0.2, 0.25) is 0 Å². The van der Waals surface area contributed by atoms with E-state index in [0.717, 1.165) is 15.4 Å². The molecular formula is C20H11BrFNO3. The topological polar surface area (TPSA) is 46.6 Å². The number of rotatable bonds is 3. The van der Waals surface area contributed by atoms with Gasteiger partial charge in [0, 0.05) is 10.5 Å². The van der Waals surface area contributed by atoms with Crippen LogP contribution in [0.5, 0.6) is 11.5 Å². The number of halogens is 2. The van der Waals surface area contributed by atoms with Crippen molar-refractivity contribution in [1.82, 2.24) is 0 Å². The second-order valence-corrected chi connectivity index (χ2v) is 6.58. The molecule has 0 atom stereocenters. The van der Waals surface area contributed by atoms with E-state index in [2.05, 4.69) is 15.9 Å². The number of benzene rings is 3. The molecule has 0 spiro atoms. The van der Waals surface area contributed by atoms with Crippen molar-refractivity contribution in [2.45, 2.75) is 0 Å². The van der Waals surface area contributed by atoms with Gasteiger partial charge in [-0.25, -0.2) is 9.29 Å². The lowest BCUT2D eigenvalue weighted by atomic mass is 10.1. The molecule has 0 unspecified atom stereocenters. The zero-order valence-electron chi connectivity index (χ0n) is 13.3. The van der Waals surface area contributed by atoms with Crippen LogP contribution in [-0.2, 0) is 0 Å². The molecule has 1 heterocycles. The number of amides is 2. The van der Waals surface area contributed by atoms with E-state index in [-0.39, 0.29) is 11.4 Å². The van der Waals surface area contributed by atoms with Gasteiger partial charge in [-0.2, -0.15) is 0 Å². The molecule has 4 nitrogen and oxygen atoms in total. The third kappa shape index (κ3) is 2.78. The Morgan fingerprint density at radius 3 is 2.15 bits per heavy atom. The number of fused-ring (bicyclic) bond motifs is 1. The van der Waals surface area contributed by atoms with E-state index in [4.69, 9.17) is 4.74 Å². The molecule has 1 aliphatic heterocycles. The SMILES string of the molecule is O=C1c2ccccc2C(=O)N1c1ccc(Oc2cccc(Br)c2)c(F)c1. The fraction of sp³-hybridized carbons (Fsp3) is 0. The van der Waals surface area contributed by atoms with E-state index >= 15 is 0 Å². The number of carbonyl (C=O) groups is 2. The van der Waals surface area contributed by atoms with Crippen LogP contribution >= 0.6 is 15.9 Å². The molecule has 4 rings (SSSR count). The van der Waals surface area contributed by atoms with E-state index in [0.29, 0.717) is 16.9 Å². The van der Waals surface area contributed by atoms with Gasteiger partial charge >= 0.3 is 0 Å². The number of hydrogen-bond donors (Lipinski definition) is 0. The highest BCUT2D eigenvalue weighted by Crippen LogP contribution is 2.33. The molecule has 0 fully saturated rings. The van der Waals surface area contributed by atoms with Crippen LogP contribution in [0.4, 0.5) is 10.1 Å². The van der Waals surface area contributed by atoms with Crippen LogP contribution in [0.25, 0.3) is 0 Å². The number of hydrogen-bond acceptors (Lipinski definition) is 3. The Hall–Kier alpha value is -2.99. The molecule has 3 aromatic rings. The highest BCUT2D eigenvalue weighted by molar-refractivity contribution is 9.10. The van der Waals surface area contributed by atoms with E-state index in [1.807, 2.05) is 6.07 Å². The van der Waals surface area contributed by atoms with Crippen molar-refractivity contribution in [2.24, 2.45) is 0 Å². The summed E-state index contributed by atoms with van der Waals surface area (Å²) < 4.78 is 20.8. The first kappa shape index (κ1) is 16.5. The second-order valence-electron chi connectivity index (χ2n) is 5.67. The van der Waals surface area contributed by atoms with Crippen molar-refractivity contribution in [3.05, 3.63) is 88.1 Å². The van der Waals surface area contributed by atoms with Crippen molar-refractivity contribution in [1.29, 1.82) is 0 Å². The van der Waals surface area contributed by atoms with Gasteiger partial charge in [0.2, 0.25) is 0 Å². The average Bonchev–Trinajstić information content (AvgIpc) is 2.88. The summed E-state index contributed by atoms with van der Waals surface area (Å²) in [5, 5.41) is 0. The fourth-order valence-electron chi connectivity index (χ4n) is 2.79. The first-order valence-corrected chi connectivity index (χ1v) is 8.55. The molecule has 0 aromatic heterocycles. The zero-order chi connectivity index (χ0) is 18.3. The summed E-state index contributed by atoms with van der Waals surface area (Å²) in [4.78, 5) is 25.9. The lowest BCUT2D eigenvalue weighted by molar-refractivity contribution is 0.0926. The number of carbonyl (C=O) groups excluding carboxylic acids is 2. The van der Waals surface area contributed by atoms with E-state index < -0.39 is 17.6 Å². The van der Waals surface area contributed by atoms with Gasteiger partial charge in [-0.15, -0.1) is 0 Å². The van der Waals surface area contributed by atoms with Gasteiger partial charge in [0.25, 0.3) is 11.8 Å². The number of anilines is 1. The van der Waals surface area contributed by atoms with E-state index in [1.165, 1.54) is 12.1 Å². The third-order valence-corrected chi connectivity index (χ3v) is 4.48. The lowest BCUT2D eigenvalue weighted by Gasteiger charge is -2.15. The Morgan fingerprint density at radius 1 is 0.846 bits per heavy atom. The Bertz CT molecular complexity index is 1020. The minimum Gasteiger partial charge on any atom is -0.454 e. The largest absolute Gasteiger partial charge is 0.454 e. The van der Waals surface area contributed by atoms with Crippen molar-refractivity contribution in [2.75, 3.05) is 4.90 Å². The van der Waals surface area contributed by atoms with Gasteiger partial charge in [0.15, 0.2) is 11.6 Å². The molecule has 26 heavy (non-hydrogen) atoms. The molecule has 0 saturated heterocycles. The van der Waals surface area contributed by atoms with Crippen molar-refractivity contribution >= 4 is 33.4 Å². The summed E-state index contributed by atoms with van der Waals surface area (Å²) in [7, 11) is 0. The van der Waals surface area contributed by atoms with Crippen LogP contribution in [-0.4, -0.2) is 11.8 Å². The summed E-state index contributed by atoms with van der Waals surface area (Å²) >= 11 is 3.32.